The van der Waals surface area contributed by atoms with Gasteiger partial charge in [0.05, 0.1) is 10.6 Å². The molecule has 1 heterocycles. The molecular weight excluding hydrogens is 320 g/mol. The maximum atomic E-state index is 12.5. The van der Waals surface area contributed by atoms with Crippen LogP contribution in [-0.2, 0) is 9.84 Å². The number of hydrogen-bond acceptors (Lipinski definition) is 4. The number of sulfone groups is 1. The first-order chi connectivity index (χ1) is 11.5. The molecule has 2 atom stereocenters. The number of anilines is 1. The minimum atomic E-state index is -3.24. The van der Waals surface area contributed by atoms with Crippen LogP contribution in [0.15, 0.2) is 65.6 Å². The van der Waals surface area contributed by atoms with Gasteiger partial charge in [-0.2, -0.15) is 0 Å². The Balaban J connectivity index is 1.55. The SMILES string of the molecule is C[C@@H](CS(=O)(=O)c1ccccc1)N[C@H]1CCN(c2ccccc2)C1. The molecule has 5 heteroatoms. The standard InChI is InChI=1S/C19H24N2O2S/c1-16(15-24(22,23)19-10-6-3-7-11-19)20-17-12-13-21(14-17)18-8-4-2-5-9-18/h2-11,16-17,20H,12-15H2,1H3/t16-,17-/m0/s1. The van der Waals surface area contributed by atoms with Crippen LogP contribution in [0.4, 0.5) is 5.69 Å². The van der Waals surface area contributed by atoms with Gasteiger partial charge in [-0.25, -0.2) is 8.42 Å². The van der Waals surface area contributed by atoms with Crippen molar-refractivity contribution in [2.45, 2.75) is 30.3 Å². The summed E-state index contributed by atoms with van der Waals surface area (Å²) in [6.07, 6.45) is 1.03. The topological polar surface area (TPSA) is 49.4 Å². The monoisotopic (exact) mass is 344 g/mol. The van der Waals surface area contributed by atoms with Crippen LogP contribution in [0, 0.1) is 0 Å². The van der Waals surface area contributed by atoms with E-state index >= 15 is 0 Å². The number of rotatable bonds is 6. The fourth-order valence-electron chi connectivity index (χ4n) is 3.27. The van der Waals surface area contributed by atoms with Crippen molar-refractivity contribution in [1.29, 1.82) is 0 Å². The van der Waals surface area contributed by atoms with Crippen LogP contribution in [0.5, 0.6) is 0 Å². The summed E-state index contributed by atoms with van der Waals surface area (Å²) in [5, 5.41) is 3.48. The second-order valence-corrected chi connectivity index (χ2v) is 8.46. The fraction of sp³-hybridized carbons (Fsp3) is 0.368. The van der Waals surface area contributed by atoms with E-state index in [0.717, 1.165) is 19.5 Å². The molecule has 128 valence electrons. The molecule has 24 heavy (non-hydrogen) atoms. The van der Waals surface area contributed by atoms with Gasteiger partial charge in [-0.05, 0) is 37.6 Å². The van der Waals surface area contributed by atoms with Gasteiger partial charge in [0, 0.05) is 30.9 Å². The molecule has 1 aliphatic rings. The highest BCUT2D eigenvalue weighted by atomic mass is 32.2. The summed E-state index contributed by atoms with van der Waals surface area (Å²) >= 11 is 0. The molecule has 0 bridgehead atoms. The molecule has 4 nitrogen and oxygen atoms in total. The zero-order valence-electron chi connectivity index (χ0n) is 13.9. The summed E-state index contributed by atoms with van der Waals surface area (Å²) in [7, 11) is -3.24. The van der Waals surface area contributed by atoms with Gasteiger partial charge in [0.15, 0.2) is 9.84 Å². The molecule has 3 rings (SSSR count). The average Bonchev–Trinajstić information content (AvgIpc) is 3.04. The van der Waals surface area contributed by atoms with Crippen LogP contribution in [0.3, 0.4) is 0 Å². The van der Waals surface area contributed by atoms with Crippen molar-refractivity contribution in [3.63, 3.8) is 0 Å². The second-order valence-electron chi connectivity index (χ2n) is 6.43. The molecule has 0 unspecified atom stereocenters. The van der Waals surface area contributed by atoms with E-state index in [9.17, 15) is 8.42 Å². The third-order valence-corrected chi connectivity index (χ3v) is 6.33. The summed E-state index contributed by atoms with van der Waals surface area (Å²) in [6, 6.07) is 19.3. The Bertz CT molecular complexity index is 747. The molecule has 1 N–H and O–H groups in total. The van der Waals surface area contributed by atoms with Crippen molar-refractivity contribution in [3.05, 3.63) is 60.7 Å². The maximum Gasteiger partial charge on any atom is 0.179 e. The number of para-hydroxylation sites is 1. The summed E-state index contributed by atoms with van der Waals surface area (Å²) in [5.74, 6) is 0.124. The van der Waals surface area contributed by atoms with Crippen LogP contribution < -0.4 is 10.2 Å². The Morgan fingerprint density at radius 3 is 2.38 bits per heavy atom. The first-order valence-electron chi connectivity index (χ1n) is 8.38. The van der Waals surface area contributed by atoms with Gasteiger partial charge in [0.25, 0.3) is 0 Å². The second kappa shape index (κ2) is 7.36. The molecule has 0 radical (unpaired) electrons. The van der Waals surface area contributed by atoms with Crippen molar-refractivity contribution in [2.75, 3.05) is 23.7 Å². The summed E-state index contributed by atoms with van der Waals surface area (Å²) < 4.78 is 24.9. The van der Waals surface area contributed by atoms with Gasteiger partial charge in [0.1, 0.15) is 0 Å². The lowest BCUT2D eigenvalue weighted by atomic mass is 10.2. The zero-order valence-corrected chi connectivity index (χ0v) is 14.7. The predicted octanol–water partition coefficient (Wildman–Crippen LogP) is 2.72. The molecular formula is C19H24N2O2S. The van der Waals surface area contributed by atoms with E-state index in [4.69, 9.17) is 0 Å². The molecule has 0 aromatic heterocycles. The summed E-state index contributed by atoms with van der Waals surface area (Å²) in [5.41, 5.74) is 1.23. The van der Waals surface area contributed by atoms with Crippen LogP contribution in [-0.4, -0.2) is 39.3 Å². The smallest absolute Gasteiger partial charge is 0.179 e. The van der Waals surface area contributed by atoms with E-state index in [1.807, 2.05) is 31.2 Å². The van der Waals surface area contributed by atoms with Crippen molar-refractivity contribution < 1.29 is 8.42 Å². The molecule has 2 aromatic carbocycles. The largest absolute Gasteiger partial charge is 0.370 e. The van der Waals surface area contributed by atoms with Crippen LogP contribution in [0.1, 0.15) is 13.3 Å². The highest BCUT2D eigenvalue weighted by molar-refractivity contribution is 7.91. The molecule has 1 aliphatic heterocycles. The van der Waals surface area contributed by atoms with E-state index < -0.39 is 9.84 Å². The Labute approximate surface area is 144 Å². The van der Waals surface area contributed by atoms with E-state index in [1.165, 1.54) is 5.69 Å². The van der Waals surface area contributed by atoms with E-state index in [1.54, 1.807) is 24.3 Å². The zero-order chi connectivity index (χ0) is 17.0. The fourth-order valence-corrected chi connectivity index (χ4v) is 4.79. The molecule has 1 saturated heterocycles. The Morgan fingerprint density at radius 1 is 1.08 bits per heavy atom. The first kappa shape index (κ1) is 17.0. The number of hydrogen-bond donors (Lipinski definition) is 1. The van der Waals surface area contributed by atoms with Crippen LogP contribution in [0.2, 0.25) is 0 Å². The van der Waals surface area contributed by atoms with Crippen LogP contribution >= 0.6 is 0 Å². The highest BCUT2D eigenvalue weighted by Gasteiger charge is 2.26. The third-order valence-electron chi connectivity index (χ3n) is 4.40. The summed E-state index contributed by atoms with van der Waals surface area (Å²) in [4.78, 5) is 2.74. The van der Waals surface area contributed by atoms with Gasteiger partial charge in [0.2, 0.25) is 0 Å². The lowest BCUT2D eigenvalue weighted by Gasteiger charge is -2.21. The highest BCUT2D eigenvalue weighted by Crippen LogP contribution is 2.20. The van der Waals surface area contributed by atoms with Gasteiger partial charge in [-0.1, -0.05) is 36.4 Å². The van der Waals surface area contributed by atoms with Gasteiger partial charge < -0.3 is 10.2 Å². The molecule has 0 amide bonds. The number of nitrogens with zero attached hydrogens (tertiary/aromatic N) is 1. The number of nitrogens with one attached hydrogen (secondary N) is 1. The Morgan fingerprint density at radius 2 is 1.71 bits per heavy atom. The van der Waals surface area contributed by atoms with Gasteiger partial charge >= 0.3 is 0 Å². The molecule has 0 saturated carbocycles. The summed E-state index contributed by atoms with van der Waals surface area (Å²) in [6.45, 7) is 3.87. The first-order valence-corrected chi connectivity index (χ1v) is 10.0. The molecule has 0 spiro atoms. The van der Waals surface area contributed by atoms with E-state index in [-0.39, 0.29) is 11.8 Å². The Kier molecular flexibility index (Phi) is 5.21. The van der Waals surface area contributed by atoms with E-state index in [0.29, 0.717) is 10.9 Å². The lowest BCUT2D eigenvalue weighted by Crippen LogP contribution is -2.42. The predicted molar refractivity (Wildman–Crippen MR) is 98.2 cm³/mol. The van der Waals surface area contributed by atoms with Gasteiger partial charge in [-0.15, -0.1) is 0 Å². The molecule has 1 fully saturated rings. The van der Waals surface area contributed by atoms with Crippen LogP contribution in [0.25, 0.3) is 0 Å². The molecule has 0 aliphatic carbocycles. The van der Waals surface area contributed by atoms with Crippen molar-refractivity contribution in [3.8, 4) is 0 Å². The molecule has 2 aromatic rings. The van der Waals surface area contributed by atoms with Gasteiger partial charge in [-0.3, -0.25) is 0 Å². The lowest BCUT2D eigenvalue weighted by molar-refractivity contribution is 0.487. The normalized spacial score (nSPS) is 19.4. The number of benzene rings is 2. The maximum absolute atomic E-state index is 12.5. The quantitative estimate of drug-likeness (QED) is 0.875. The van der Waals surface area contributed by atoms with E-state index in [2.05, 4.69) is 22.3 Å². The van der Waals surface area contributed by atoms with Crippen molar-refractivity contribution in [2.24, 2.45) is 0 Å². The van der Waals surface area contributed by atoms with Crippen molar-refractivity contribution >= 4 is 15.5 Å². The van der Waals surface area contributed by atoms with Crippen molar-refractivity contribution in [1.82, 2.24) is 5.32 Å². The minimum Gasteiger partial charge on any atom is -0.370 e. The minimum absolute atomic E-state index is 0.0732. The third kappa shape index (κ3) is 4.16. The average molecular weight is 344 g/mol. The Hall–Kier alpha value is -1.85.